The van der Waals surface area contributed by atoms with E-state index in [9.17, 15) is 4.79 Å². The average Bonchev–Trinajstić information content (AvgIpc) is 3.13. The monoisotopic (exact) mass is 334 g/mol. The zero-order chi connectivity index (χ0) is 8.59. The van der Waals surface area contributed by atoms with Crippen molar-refractivity contribution in [2.24, 2.45) is 0 Å². The largest absolute Gasteiger partial charge is 0 e. The molecule has 0 amide bonds. The van der Waals surface area contributed by atoms with E-state index in [1.807, 2.05) is 6.92 Å². The molecule has 0 aromatic carbocycles. The molecule has 4 unspecified atom stereocenters. The predicted molar refractivity (Wildman–Crippen MR) is 47.1 cm³/mol. The van der Waals surface area contributed by atoms with E-state index in [4.69, 9.17) is 0 Å². The topological polar surface area (TPSA) is 17.1 Å². The normalized spacial score (nSPS) is 132. The van der Waals surface area contributed by atoms with Crippen LogP contribution in [0.25, 0.3) is 0 Å². The molecule has 0 bridgehead atoms. The molecule has 10 saturated heterocycles. The first kappa shape index (κ1) is 6.15. The Morgan fingerprint density at radius 2 is 1.33 bits per heavy atom. The summed E-state index contributed by atoms with van der Waals surface area (Å²) in [6, 6.07) is 0. The molecule has 0 aromatic rings. The van der Waals surface area contributed by atoms with Crippen molar-refractivity contribution in [3.8, 4) is 0 Å². The first-order valence-corrected chi connectivity index (χ1v) is 12.5. The van der Waals surface area contributed by atoms with Gasteiger partial charge in [-0.3, -0.25) is 0 Å². The molecule has 0 radical (unpaired) electrons. The second kappa shape index (κ2) is 0.425. The van der Waals surface area contributed by atoms with Gasteiger partial charge in [0.15, 0.2) is 0 Å². The quantitative estimate of drug-likeness (QED) is 0.672. The van der Waals surface area contributed by atoms with Gasteiger partial charge >= 0.3 is 71.7 Å². The van der Waals surface area contributed by atoms with Crippen molar-refractivity contribution in [3.63, 3.8) is 0 Å². The number of fused-ring (bicyclic) bond motifs is 10. The Hall–Kier alpha value is 0.852. The standard InChI is InChI=1S/C7H7O.C5H5.Fe.Pd/c1-6(8)7-4-2-3-5-7;1-2-4-5-3-1;;/h2-5H,1H3;1-5H;;. The summed E-state index contributed by atoms with van der Waals surface area (Å²) in [5.41, 5.74) is 0. The molecule has 1 nitrogen and oxygen atoms in total. The maximum atomic E-state index is 12.2. The van der Waals surface area contributed by atoms with Gasteiger partial charge in [0.1, 0.15) is 0 Å². The summed E-state index contributed by atoms with van der Waals surface area (Å²) in [4.78, 5) is 23.9. The molecule has 0 saturated carbocycles. The molecule has 0 aliphatic carbocycles. The van der Waals surface area contributed by atoms with Crippen molar-refractivity contribution >= 4 is 5.78 Å². The smallest absolute Gasteiger partial charge is 0 e. The zero-order valence-corrected chi connectivity index (χ0v) is 10.9. The van der Waals surface area contributed by atoms with Crippen LogP contribution in [0, 0.1) is 0 Å². The van der Waals surface area contributed by atoms with Gasteiger partial charge in [0.25, 0.3) is 0 Å². The number of carbonyl (C=O) groups excluding carboxylic acids is 1. The van der Waals surface area contributed by atoms with Crippen LogP contribution in [0.15, 0.2) is 0 Å². The summed E-state index contributed by atoms with van der Waals surface area (Å²) < 4.78 is 0.555. The zero-order valence-electron chi connectivity index (χ0n) is 8.27. The minimum absolute atomic E-state index is 0. The van der Waals surface area contributed by atoms with Gasteiger partial charge in [-0.25, -0.2) is 0 Å². The second-order valence-corrected chi connectivity index (χ2v) is 33.8. The van der Waals surface area contributed by atoms with Gasteiger partial charge in [0.2, 0.25) is 0 Å². The molecule has 1 spiro atoms. The van der Waals surface area contributed by atoms with Crippen LogP contribution in [0.2, 0.25) is 47.7 Å². The molecule has 15 heavy (non-hydrogen) atoms. The van der Waals surface area contributed by atoms with Gasteiger partial charge in [-0.2, -0.15) is 0 Å². The van der Waals surface area contributed by atoms with E-state index in [0.717, 1.165) is 5.78 Å². The van der Waals surface area contributed by atoms with E-state index in [2.05, 4.69) is 0 Å². The molecule has 84 valence electrons. The van der Waals surface area contributed by atoms with Gasteiger partial charge in [-0.05, 0) is 0 Å². The van der Waals surface area contributed by atoms with E-state index < -0.39 is 6.51 Å². The molecule has 3 heteroatoms. The van der Waals surface area contributed by atoms with Gasteiger partial charge in [0, 0.05) is 20.4 Å². The minimum Gasteiger partial charge on any atom is 0 e. The van der Waals surface area contributed by atoms with Crippen LogP contribution >= 0.6 is 0 Å². The first-order chi connectivity index (χ1) is 6.49. The molecule has 4 atom stereocenters. The summed E-state index contributed by atoms with van der Waals surface area (Å²) in [5, 5.41) is 0. The fourth-order valence-corrected chi connectivity index (χ4v) is 91.7. The Labute approximate surface area is 91.7 Å². The fourth-order valence-electron chi connectivity index (χ4n) is 17.2. The Kier molecular flexibility index (Phi) is 0.174. The van der Waals surface area contributed by atoms with Crippen LogP contribution in [0.3, 0.4) is 0 Å². The Bertz CT molecular complexity index is 850. The maximum Gasteiger partial charge on any atom is 0 e. The SMILES string of the molecule is CC(=O)[C]12[CH]3[CH]4[CH]5[CH]1[Fe]45321678[CH]2[CH]1[CH]6[CH]7[CH]28.[Pd]. The molecule has 10 aliphatic heterocycles. The first-order valence-electron chi connectivity index (χ1n) is 6.21. The molecular weight excluding hydrogens is 322 g/mol. The number of Topliss-reactive ketones (excluding diaryl/α,β-unsaturated/α-hetero) is 1. The van der Waals surface area contributed by atoms with Crippen LogP contribution in [0.4, 0.5) is 0 Å². The molecule has 10 rings (SSSR count). The Morgan fingerprint density at radius 1 is 0.933 bits per heavy atom. The van der Waals surface area contributed by atoms with Crippen molar-refractivity contribution in [2.75, 3.05) is 0 Å². The van der Waals surface area contributed by atoms with Crippen LogP contribution < -0.4 is 0 Å². The number of carbonyl (C=O) groups is 1. The third-order valence-corrected chi connectivity index (χ3v) is 57.6. The molecule has 0 aromatic heterocycles. The van der Waals surface area contributed by atoms with Crippen LogP contribution in [-0.4, -0.2) is 5.78 Å². The van der Waals surface area contributed by atoms with E-state index in [0.29, 0.717) is 4.31 Å². The summed E-state index contributed by atoms with van der Waals surface area (Å²) in [6.45, 7) is -0.952. The predicted octanol–water partition coefficient (Wildman–Crippen LogP) is 3.33. The Morgan fingerprint density at radius 3 is 1.40 bits per heavy atom. The van der Waals surface area contributed by atoms with E-state index in [-0.39, 0.29) is 20.4 Å². The maximum absolute atomic E-state index is 12.2. The van der Waals surface area contributed by atoms with Gasteiger partial charge in [0.05, 0.1) is 0 Å². The van der Waals surface area contributed by atoms with Crippen molar-refractivity contribution in [1.29, 1.82) is 0 Å². The van der Waals surface area contributed by atoms with E-state index in [1.54, 1.807) is 0 Å². The fraction of sp³-hybridized carbons (Fsp3) is 0.917. The summed E-state index contributed by atoms with van der Waals surface area (Å²) >= 11 is 0. The number of ketones is 1. The van der Waals surface area contributed by atoms with Crippen molar-refractivity contribution < 1.29 is 31.7 Å². The van der Waals surface area contributed by atoms with Crippen molar-refractivity contribution in [1.82, 2.24) is 0 Å². The molecule has 10 aliphatic rings. The van der Waals surface area contributed by atoms with Crippen molar-refractivity contribution in [2.45, 2.75) is 54.6 Å². The summed E-state index contributed by atoms with van der Waals surface area (Å²) in [7, 11) is 0. The van der Waals surface area contributed by atoms with E-state index >= 15 is 0 Å². The van der Waals surface area contributed by atoms with Crippen LogP contribution in [0.5, 0.6) is 0 Å². The molecular formula is C12H12FeOPd. The second-order valence-electron chi connectivity index (χ2n) is 10.2. The van der Waals surface area contributed by atoms with Crippen molar-refractivity contribution in [3.05, 3.63) is 0 Å². The van der Waals surface area contributed by atoms with Gasteiger partial charge in [-0.15, -0.1) is 0 Å². The summed E-state index contributed by atoms with van der Waals surface area (Å²) in [5.74, 6) is 0.726. The summed E-state index contributed by atoms with van der Waals surface area (Å²) in [6.07, 6.45) is 0. The van der Waals surface area contributed by atoms with Crippen LogP contribution in [0.1, 0.15) is 6.92 Å². The van der Waals surface area contributed by atoms with E-state index in [1.165, 1.54) is 43.3 Å². The third kappa shape index (κ3) is 0.0508. The molecule has 10 fully saturated rings. The third-order valence-electron chi connectivity index (χ3n) is 15.2. The molecule has 0 N–H and O–H groups in total. The number of hydrogen-bond acceptors (Lipinski definition) is 1. The van der Waals surface area contributed by atoms with Crippen LogP contribution in [-0.2, 0) is 31.7 Å². The Balaban J connectivity index is 0.000000529. The van der Waals surface area contributed by atoms with Gasteiger partial charge in [-0.1, -0.05) is 0 Å². The number of rotatable bonds is 1. The molecule has 10 heterocycles. The average molecular weight is 334 g/mol. The number of hydrogen-bond donors (Lipinski definition) is 0. The van der Waals surface area contributed by atoms with Gasteiger partial charge < -0.3 is 0 Å². The minimum atomic E-state index is -2.94.